The van der Waals surface area contributed by atoms with Crippen molar-refractivity contribution in [2.24, 2.45) is 5.92 Å². The lowest BCUT2D eigenvalue weighted by Gasteiger charge is -2.43. The van der Waals surface area contributed by atoms with E-state index < -0.39 is 35.7 Å². The van der Waals surface area contributed by atoms with Gasteiger partial charge in [0.2, 0.25) is 0 Å². The van der Waals surface area contributed by atoms with Gasteiger partial charge in [0.15, 0.2) is 0 Å². The normalized spacial score (nSPS) is 25.6. The summed E-state index contributed by atoms with van der Waals surface area (Å²) in [5.41, 5.74) is -0.925. The fraction of sp³-hybridized carbons (Fsp3) is 0.625. The Balaban J connectivity index is 3.01. The van der Waals surface area contributed by atoms with Gasteiger partial charge < -0.3 is 5.11 Å². The van der Waals surface area contributed by atoms with E-state index >= 15 is 0 Å². The fourth-order valence-electron chi connectivity index (χ4n) is 1.56. The zero-order chi connectivity index (χ0) is 11.1. The molecule has 0 spiro atoms. The molecular formula is C8H8F4O2. The van der Waals surface area contributed by atoms with Gasteiger partial charge in [0, 0.05) is 5.57 Å². The first kappa shape index (κ1) is 11.0. The number of hydrogen-bond acceptors (Lipinski definition) is 1. The summed E-state index contributed by atoms with van der Waals surface area (Å²) >= 11 is 0. The fourth-order valence-corrected chi connectivity index (χ4v) is 1.56. The number of halogens is 4. The molecule has 6 heteroatoms. The first-order chi connectivity index (χ1) is 6.22. The quantitative estimate of drug-likeness (QED) is 0.563. The van der Waals surface area contributed by atoms with Crippen molar-refractivity contribution in [2.45, 2.75) is 25.2 Å². The number of rotatable bonds is 2. The van der Waals surface area contributed by atoms with Crippen LogP contribution in [0.15, 0.2) is 11.6 Å². The lowest BCUT2D eigenvalue weighted by Crippen LogP contribution is -2.58. The van der Waals surface area contributed by atoms with Crippen LogP contribution in [0.4, 0.5) is 17.6 Å². The maximum absolute atomic E-state index is 12.7. The van der Waals surface area contributed by atoms with E-state index in [1.54, 1.807) is 0 Å². The topological polar surface area (TPSA) is 37.3 Å². The van der Waals surface area contributed by atoms with Gasteiger partial charge in [0.25, 0.3) is 11.8 Å². The molecule has 2 nitrogen and oxygen atoms in total. The summed E-state index contributed by atoms with van der Waals surface area (Å²) in [5, 5.41) is 8.44. The third-order valence-corrected chi connectivity index (χ3v) is 2.19. The summed E-state index contributed by atoms with van der Waals surface area (Å²) < 4.78 is 50.8. The molecule has 1 saturated carbocycles. The van der Waals surface area contributed by atoms with E-state index in [1.807, 2.05) is 0 Å². The number of carboxylic acids is 1. The van der Waals surface area contributed by atoms with Crippen molar-refractivity contribution in [3.8, 4) is 0 Å². The van der Waals surface area contributed by atoms with Crippen LogP contribution in [0, 0.1) is 5.92 Å². The monoisotopic (exact) mass is 212 g/mol. The molecule has 1 rings (SSSR count). The van der Waals surface area contributed by atoms with Crippen LogP contribution in [0.25, 0.3) is 0 Å². The van der Waals surface area contributed by atoms with Crippen molar-refractivity contribution in [3.05, 3.63) is 11.6 Å². The van der Waals surface area contributed by atoms with Crippen LogP contribution < -0.4 is 0 Å². The first-order valence-electron chi connectivity index (χ1n) is 3.87. The predicted octanol–water partition coefficient (Wildman–Crippen LogP) is 2.31. The second-order valence-electron chi connectivity index (χ2n) is 3.18. The second-order valence-corrected chi connectivity index (χ2v) is 3.18. The average molecular weight is 212 g/mol. The van der Waals surface area contributed by atoms with E-state index in [9.17, 15) is 22.4 Å². The summed E-state index contributed by atoms with van der Waals surface area (Å²) in [4.78, 5) is 10.4. The number of hydrogen-bond donors (Lipinski definition) is 1. The van der Waals surface area contributed by atoms with Crippen LogP contribution in [-0.2, 0) is 4.79 Å². The Labute approximate surface area is 77.2 Å². The Morgan fingerprint density at radius 3 is 1.93 bits per heavy atom. The van der Waals surface area contributed by atoms with E-state index in [-0.39, 0.29) is 0 Å². The van der Waals surface area contributed by atoms with Crippen molar-refractivity contribution in [2.75, 3.05) is 0 Å². The van der Waals surface area contributed by atoms with Crippen molar-refractivity contribution in [1.82, 2.24) is 0 Å². The molecule has 0 atom stereocenters. The summed E-state index contributed by atoms with van der Waals surface area (Å²) in [6.07, 6.45) is -0.788. The molecule has 0 radical (unpaired) electrons. The molecule has 1 fully saturated rings. The smallest absolute Gasteiger partial charge is 0.331 e. The highest BCUT2D eigenvalue weighted by Gasteiger charge is 2.70. The van der Waals surface area contributed by atoms with E-state index in [0.717, 1.165) is 13.0 Å². The maximum Gasteiger partial charge on any atom is 0.331 e. The Hall–Kier alpha value is -1.07. The zero-order valence-electron chi connectivity index (χ0n) is 7.23. The largest absolute Gasteiger partial charge is 0.478 e. The van der Waals surface area contributed by atoms with Crippen molar-refractivity contribution in [3.63, 3.8) is 0 Å². The zero-order valence-corrected chi connectivity index (χ0v) is 7.23. The lowest BCUT2D eigenvalue weighted by molar-refractivity contribution is -0.271. The Kier molecular flexibility index (Phi) is 2.33. The molecule has 14 heavy (non-hydrogen) atoms. The van der Waals surface area contributed by atoms with Crippen LogP contribution in [0.1, 0.15) is 13.3 Å². The molecule has 0 amide bonds. The average Bonchev–Trinajstić information content (AvgIpc) is 1.96. The number of allylic oxidation sites excluding steroid dienone is 1. The number of carboxylic acid groups (broad SMARTS) is 1. The molecule has 80 valence electrons. The Bertz CT molecular complexity index is 282. The summed E-state index contributed by atoms with van der Waals surface area (Å²) in [6, 6.07) is 0. The highest BCUT2D eigenvalue weighted by atomic mass is 19.3. The SMILES string of the molecule is CC=C(C(=O)O)C1C(F)(F)CC1(F)F. The van der Waals surface area contributed by atoms with Crippen LogP contribution in [0.5, 0.6) is 0 Å². The molecule has 1 aliphatic rings. The third kappa shape index (κ3) is 1.49. The molecule has 0 aliphatic heterocycles. The first-order valence-corrected chi connectivity index (χ1v) is 3.87. The summed E-state index contributed by atoms with van der Waals surface area (Å²) in [6.45, 7) is 1.15. The second kappa shape index (κ2) is 2.96. The van der Waals surface area contributed by atoms with Gasteiger partial charge in [-0.1, -0.05) is 6.08 Å². The summed E-state index contributed by atoms with van der Waals surface area (Å²) in [5.74, 6) is -11.5. The molecule has 0 unspecified atom stereocenters. The molecular weight excluding hydrogens is 204 g/mol. The van der Waals surface area contributed by atoms with Gasteiger partial charge in [-0.05, 0) is 6.92 Å². The molecule has 1 N–H and O–H groups in total. The van der Waals surface area contributed by atoms with E-state index in [2.05, 4.69) is 0 Å². The highest BCUT2D eigenvalue weighted by Crippen LogP contribution is 2.57. The van der Waals surface area contributed by atoms with Gasteiger partial charge in [0.05, 0.1) is 6.42 Å². The van der Waals surface area contributed by atoms with E-state index in [1.165, 1.54) is 0 Å². The van der Waals surface area contributed by atoms with Crippen LogP contribution in [0.2, 0.25) is 0 Å². The molecule has 1 aliphatic carbocycles. The van der Waals surface area contributed by atoms with Crippen LogP contribution >= 0.6 is 0 Å². The molecule has 0 bridgehead atoms. The van der Waals surface area contributed by atoms with Gasteiger partial charge in [-0.25, -0.2) is 22.4 Å². The Morgan fingerprint density at radius 1 is 1.36 bits per heavy atom. The van der Waals surface area contributed by atoms with Gasteiger partial charge in [0.1, 0.15) is 5.92 Å². The summed E-state index contributed by atoms with van der Waals surface area (Å²) in [7, 11) is 0. The maximum atomic E-state index is 12.7. The van der Waals surface area contributed by atoms with Gasteiger partial charge >= 0.3 is 5.97 Å². The molecule has 0 aromatic carbocycles. The highest BCUT2D eigenvalue weighted by molar-refractivity contribution is 5.88. The Morgan fingerprint density at radius 2 is 1.79 bits per heavy atom. The van der Waals surface area contributed by atoms with Crippen molar-refractivity contribution in [1.29, 1.82) is 0 Å². The lowest BCUT2D eigenvalue weighted by atomic mass is 9.71. The van der Waals surface area contributed by atoms with Crippen molar-refractivity contribution >= 4 is 5.97 Å². The van der Waals surface area contributed by atoms with E-state index in [0.29, 0.717) is 0 Å². The van der Waals surface area contributed by atoms with Crippen molar-refractivity contribution < 1.29 is 27.5 Å². The van der Waals surface area contributed by atoms with E-state index in [4.69, 9.17) is 5.11 Å². The standard InChI is InChI=1S/C8H8F4O2/c1-2-4(6(13)14)5-7(9,10)3-8(5,11)12/h2,5H,3H2,1H3,(H,13,14). The minimum absolute atomic E-state index is 0.786. The van der Waals surface area contributed by atoms with Gasteiger partial charge in [-0.15, -0.1) is 0 Å². The predicted molar refractivity (Wildman–Crippen MR) is 39.4 cm³/mol. The van der Waals surface area contributed by atoms with Crippen LogP contribution in [-0.4, -0.2) is 22.9 Å². The molecule has 0 heterocycles. The third-order valence-electron chi connectivity index (χ3n) is 2.19. The number of aliphatic carboxylic acids is 1. The van der Waals surface area contributed by atoms with Gasteiger partial charge in [-0.2, -0.15) is 0 Å². The van der Waals surface area contributed by atoms with Gasteiger partial charge in [-0.3, -0.25) is 0 Å². The number of carbonyl (C=O) groups is 1. The molecule has 0 saturated heterocycles. The molecule has 0 aromatic rings. The minimum Gasteiger partial charge on any atom is -0.478 e. The molecule has 0 aromatic heterocycles. The number of alkyl halides is 4. The van der Waals surface area contributed by atoms with Crippen LogP contribution in [0.3, 0.4) is 0 Å². The minimum atomic E-state index is -3.62.